The van der Waals surface area contributed by atoms with Crippen LogP contribution in [0.1, 0.15) is 0 Å². The molecule has 0 nitrogen and oxygen atoms in total. The van der Waals surface area contributed by atoms with E-state index in [1.807, 2.05) is 11.8 Å². The molecule has 0 fully saturated rings. The summed E-state index contributed by atoms with van der Waals surface area (Å²) < 4.78 is 3.85. The van der Waals surface area contributed by atoms with Crippen LogP contribution in [-0.2, 0) is 0 Å². The van der Waals surface area contributed by atoms with Gasteiger partial charge in [0.15, 0.2) is 0 Å². The average molecular weight is 232 g/mol. The topological polar surface area (TPSA) is 0 Å². The van der Waals surface area contributed by atoms with Gasteiger partial charge in [0.05, 0.1) is 0 Å². The van der Waals surface area contributed by atoms with Crippen LogP contribution in [0.4, 0.5) is 0 Å². The Kier molecular flexibility index (Phi) is 3.01. The molecular formula is C3H5IS2. The summed E-state index contributed by atoms with van der Waals surface area (Å²) in [7, 11) is 0. The minimum atomic E-state index is 0.516. The van der Waals surface area contributed by atoms with E-state index < -0.39 is 0 Å². The number of hydrogen-bond acceptors (Lipinski definition) is 2. The third kappa shape index (κ3) is 1.84. The van der Waals surface area contributed by atoms with Gasteiger partial charge in [-0.3, -0.25) is 0 Å². The van der Waals surface area contributed by atoms with E-state index in [0.29, 0.717) is 20.7 Å². The molecule has 1 rings (SSSR count). The molecule has 36 valence electrons. The van der Waals surface area contributed by atoms with Crippen LogP contribution in [0.3, 0.4) is 0 Å². The molecule has 0 amide bonds. The van der Waals surface area contributed by atoms with E-state index in [1.54, 1.807) is 0 Å². The smallest absolute Gasteiger partial charge is 0.0445 e. The molecule has 0 aliphatic carbocycles. The molecule has 6 heavy (non-hydrogen) atoms. The minimum absolute atomic E-state index is 0.516. The van der Waals surface area contributed by atoms with Crippen LogP contribution >= 0.6 is 44.3 Å². The third-order valence-corrected chi connectivity index (χ3v) is 6.72. The van der Waals surface area contributed by atoms with E-state index in [1.165, 1.54) is 8.84 Å². The maximum absolute atomic E-state index is 2.40. The zero-order chi connectivity index (χ0) is 4.24. The SMILES string of the molecule is C1=ICSCS1. The van der Waals surface area contributed by atoms with Gasteiger partial charge >= 0.3 is 0 Å². The largest absolute Gasteiger partial charge is 0.140 e. The lowest BCUT2D eigenvalue weighted by Gasteiger charge is -1.96. The molecule has 0 spiro atoms. The first-order valence-corrected chi connectivity index (χ1v) is 6.56. The first-order chi connectivity index (χ1) is 3.00. The second-order valence-corrected chi connectivity index (χ2v) is 7.20. The van der Waals surface area contributed by atoms with Crippen LogP contribution in [0.15, 0.2) is 0 Å². The molecule has 0 saturated carbocycles. The van der Waals surface area contributed by atoms with Gasteiger partial charge in [0.1, 0.15) is 0 Å². The summed E-state index contributed by atoms with van der Waals surface area (Å²) in [6.45, 7) is 0. The normalized spacial score (nSPS) is 22.7. The molecule has 0 aromatic heterocycles. The Morgan fingerprint density at radius 3 is 2.83 bits per heavy atom. The highest BCUT2D eigenvalue weighted by Gasteiger charge is 1.88. The lowest BCUT2D eigenvalue weighted by Crippen LogP contribution is -1.73. The summed E-state index contributed by atoms with van der Waals surface area (Å²) in [5.41, 5.74) is 0. The van der Waals surface area contributed by atoms with E-state index in [-0.39, 0.29) is 0 Å². The second-order valence-electron chi connectivity index (χ2n) is 0.841. The summed E-state index contributed by atoms with van der Waals surface area (Å²) in [6, 6.07) is 0. The first-order valence-electron chi connectivity index (χ1n) is 1.59. The van der Waals surface area contributed by atoms with Crippen LogP contribution in [0.25, 0.3) is 0 Å². The molecule has 0 N–H and O–H groups in total. The average Bonchev–Trinajstić information content (AvgIpc) is 1.72. The fraction of sp³-hybridized carbons (Fsp3) is 0.667. The van der Waals surface area contributed by atoms with Crippen molar-refractivity contribution < 1.29 is 0 Å². The molecule has 3 heteroatoms. The van der Waals surface area contributed by atoms with Crippen molar-refractivity contribution in [3.05, 3.63) is 0 Å². The Balaban J connectivity index is 2.26. The summed E-state index contributed by atoms with van der Waals surface area (Å²) in [6.07, 6.45) is 0. The van der Waals surface area contributed by atoms with Gasteiger partial charge < -0.3 is 0 Å². The molecule has 1 aliphatic heterocycles. The van der Waals surface area contributed by atoms with Crippen molar-refractivity contribution in [3.8, 4) is 0 Å². The number of alkyl halides is 1. The molecule has 0 aromatic rings. The number of halogens is 1. The first kappa shape index (κ1) is 5.44. The summed E-state index contributed by atoms with van der Waals surface area (Å²) in [4.78, 5) is 0. The fourth-order valence-corrected chi connectivity index (χ4v) is 7.23. The van der Waals surface area contributed by atoms with Gasteiger partial charge in [-0.1, -0.05) is 0 Å². The molecule has 0 saturated heterocycles. The van der Waals surface area contributed by atoms with Crippen molar-refractivity contribution in [1.29, 1.82) is 0 Å². The molecule has 1 aliphatic rings. The summed E-state index contributed by atoms with van der Waals surface area (Å²) in [5, 5.41) is 1.31. The number of hydrogen-bond donors (Lipinski definition) is 0. The molecule has 0 aromatic carbocycles. The van der Waals surface area contributed by atoms with Crippen LogP contribution in [-0.4, -0.2) is 12.2 Å². The fourth-order valence-electron chi connectivity index (χ4n) is 0.220. The van der Waals surface area contributed by atoms with E-state index >= 15 is 0 Å². The minimum Gasteiger partial charge on any atom is -0.140 e. The Hall–Kier alpha value is 1.30. The van der Waals surface area contributed by atoms with Gasteiger partial charge in [-0.15, -0.1) is 44.3 Å². The van der Waals surface area contributed by atoms with Crippen molar-refractivity contribution in [2.24, 2.45) is 0 Å². The summed E-state index contributed by atoms with van der Waals surface area (Å²) in [5.74, 6) is 0. The van der Waals surface area contributed by atoms with Crippen LogP contribution < -0.4 is 0 Å². The Morgan fingerprint density at radius 2 is 2.67 bits per heavy atom. The standard InChI is InChI=1S/C3H5IS2/c1-4-2-6-3-5-1/h1H,2-3H2. The van der Waals surface area contributed by atoms with Crippen LogP contribution in [0, 0.1) is 0 Å². The van der Waals surface area contributed by atoms with E-state index in [9.17, 15) is 0 Å². The summed E-state index contributed by atoms with van der Waals surface area (Å²) >= 11 is 4.57. The highest BCUT2D eigenvalue weighted by atomic mass is 127. The monoisotopic (exact) mass is 232 g/mol. The highest BCUT2D eigenvalue weighted by Crippen LogP contribution is 2.22. The van der Waals surface area contributed by atoms with Crippen molar-refractivity contribution in [3.63, 3.8) is 0 Å². The van der Waals surface area contributed by atoms with Gasteiger partial charge in [0.25, 0.3) is 0 Å². The Morgan fingerprint density at radius 1 is 1.67 bits per heavy atom. The predicted molar refractivity (Wildman–Crippen MR) is 45.0 cm³/mol. The molecule has 0 atom stereocenters. The molecule has 0 unspecified atom stereocenters. The van der Waals surface area contributed by atoms with Crippen molar-refractivity contribution in [1.82, 2.24) is 0 Å². The van der Waals surface area contributed by atoms with Crippen LogP contribution in [0.5, 0.6) is 0 Å². The van der Waals surface area contributed by atoms with Gasteiger partial charge in [0, 0.05) is 12.2 Å². The van der Waals surface area contributed by atoms with E-state index in [0.717, 1.165) is 0 Å². The van der Waals surface area contributed by atoms with E-state index in [4.69, 9.17) is 0 Å². The third-order valence-electron chi connectivity index (χ3n) is 0.418. The Labute approximate surface area is 56.2 Å². The number of rotatable bonds is 0. The molecule has 0 radical (unpaired) electrons. The zero-order valence-electron chi connectivity index (χ0n) is 3.19. The quantitative estimate of drug-likeness (QED) is 0.463. The van der Waals surface area contributed by atoms with Crippen molar-refractivity contribution >= 4 is 47.6 Å². The molecule has 0 bridgehead atoms. The Bertz CT molecular complexity index is 53.8. The van der Waals surface area contributed by atoms with Crippen molar-refractivity contribution in [2.45, 2.75) is 0 Å². The number of thioether (sulfide) groups is 2. The molecule has 1 heterocycles. The van der Waals surface area contributed by atoms with Gasteiger partial charge in [-0.2, -0.15) is 0 Å². The van der Waals surface area contributed by atoms with Crippen LogP contribution in [0.2, 0.25) is 0 Å². The highest BCUT2D eigenvalue weighted by molar-refractivity contribution is 14.2. The maximum atomic E-state index is 2.40. The van der Waals surface area contributed by atoms with E-state index in [2.05, 4.69) is 15.1 Å². The second kappa shape index (κ2) is 3.32. The lowest BCUT2D eigenvalue weighted by atomic mass is 11.9. The van der Waals surface area contributed by atoms with Gasteiger partial charge in [-0.25, -0.2) is 0 Å². The molecular weight excluding hydrogens is 227 g/mol. The maximum Gasteiger partial charge on any atom is 0.0445 e. The lowest BCUT2D eigenvalue weighted by molar-refractivity contribution is 2.23. The zero-order valence-corrected chi connectivity index (χ0v) is 6.98. The van der Waals surface area contributed by atoms with Gasteiger partial charge in [0.2, 0.25) is 0 Å². The van der Waals surface area contributed by atoms with Crippen molar-refractivity contribution in [2.75, 3.05) is 8.84 Å². The predicted octanol–water partition coefficient (Wildman–Crippen LogP) is 2.11. The van der Waals surface area contributed by atoms with Gasteiger partial charge in [-0.05, 0) is 0 Å².